The van der Waals surface area contributed by atoms with Crippen LogP contribution in [-0.2, 0) is 12.4 Å². The number of aromatic nitrogens is 5. The van der Waals surface area contributed by atoms with Crippen molar-refractivity contribution in [3.8, 4) is 0 Å². The van der Waals surface area contributed by atoms with Gasteiger partial charge in [0.25, 0.3) is 0 Å². The lowest BCUT2D eigenvalue weighted by atomic mass is 10.3. The lowest BCUT2D eigenvalue weighted by Crippen LogP contribution is -2.06. The van der Waals surface area contributed by atoms with E-state index >= 15 is 0 Å². The number of hydrogen-bond acceptors (Lipinski definition) is 4. The van der Waals surface area contributed by atoms with Gasteiger partial charge in [0.05, 0.1) is 41.7 Å². The summed E-state index contributed by atoms with van der Waals surface area (Å²) in [6.45, 7) is 2.52. The van der Waals surface area contributed by atoms with Crippen LogP contribution in [0.1, 0.15) is 17.2 Å². The molecule has 0 aliphatic carbocycles. The maximum Gasteiger partial charge on any atom is 0.125 e. The predicted molar refractivity (Wildman–Crippen MR) is 73.0 cm³/mol. The molecule has 3 rings (SSSR count). The molecule has 0 unspecified atom stereocenters. The van der Waals surface area contributed by atoms with Gasteiger partial charge in [0.1, 0.15) is 11.3 Å². The van der Waals surface area contributed by atoms with Crippen molar-refractivity contribution in [3.05, 3.63) is 48.1 Å². The average molecular weight is 274 g/mol. The Morgan fingerprint density at radius 2 is 2.11 bits per heavy atom. The molecule has 0 aromatic carbocycles. The van der Waals surface area contributed by atoms with Crippen LogP contribution in [0, 0.1) is 6.92 Å². The normalized spacial score (nSPS) is 11.1. The van der Waals surface area contributed by atoms with E-state index in [2.05, 4.69) is 19.9 Å². The minimum atomic E-state index is 0.355. The molecule has 5 nitrogen and oxygen atoms in total. The van der Waals surface area contributed by atoms with E-state index in [1.165, 1.54) is 0 Å². The van der Waals surface area contributed by atoms with Crippen molar-refractivity contribution in [2.75, 3.05) is 0 Å². The van der Waals surface area contributed by atoms with E-state index in [4.69, 9.17) is 11.6 Å². The van der Waals surface area contributed by atoms with E-state index in [1.807, 2.05) is 17.6 Å². The Labute approximate surface area is 115 Å². The monoisotopic (exact) mass is 273 g/mol. The van der Waals surface area contributed by atoms with Gasteiger partial charge in [0.15, 0.2) is 0 Å². The molecule has 0 saturated heterocycles. The van der Waals surface area contributed by atoms with Crippen molar-refractivity contribution in [1.82, 2.24) is 24.5 Å². The van der Waals surface area contributed by atoms with Gasteiger partial charge < -0.3 is 4.57 Å². The predicted octanol–water partition coefficient (Wildman–Crippen LogP) is 2.32. The Kier molecular flexibility index (Phi) is 3.13. The minimum absolute atomic E-state index is 0.355. The van der Waals surface area contributed by atoms with E-state index in [9.17, 15) is 0 Å². The topological polar surface area (TPSA) is 56.5 Å². The SMILES string of the molecule is Cc1cnc(Cn2c(CCl)nc3cnccc32)cn1. The molecule has 0 atom stereocenters. The summed E-state index contributed by atoms with van der Waals surface area (Å²) in [5.41, 5.74) is 3.64. The quantitative estimate of drug-likeness (QED) is 0.687. The van der Waals surface area contributed by atoms with Crippen LogP contribution in [0.4, 0.5) is 0 Å². The Bertz CT molecular complexity index is 705. The van der Waals surface area contributed by atoms with Crippen LogP contribution in [-0.4, -0.2) is 24.5 Å². The number of hydrogen-bond donors (Lipinski definition) is 0. The van der Waals surface area contributed by atoms with Gasteiger partial charge in [-0.25, -0.2) is 4.98 Å². The number of alkyl halides is 1. The van der Waals surface area contributed by atoms with Crippen molar-refractivity contribution in [1.29, 1.82) is 0 Å². The zero-order chi connectivity index (χ0) is 13.2. The molecule has 3 aromatic heterocycles. The Hall–Kier alpha value is -2.01. The zero-order valence-electron chi connectivity index (χ0n) is 10.4. The first-order chi connectivity index (χ1) is 9.28. The highest BCUT2D eigenvalue weighted by atomic mass is 35.5. The third kappa shape index (κ3) is 2.29. The molecule has 0 aliphatic rings. The van der Waals surface area contributed by atoms with Crippen LogP contribution in [0.25, 0.3) is 11.0 Å². The molecule has 0 N–H and O–H groups in total. The number of fused-ring (bicyclic) bond motifs is 1. The molecule has 19 heavy (non-hydrogen) atoms. The summed E-state index contributed by atoms with van der Waals surface area (Å²) in [5, 5.41) is 0. The summed E-state index contributed by atoms with van der Waals surface area (Å²) in [7, 11) is 0. The smallest absolute Gasteiger partial charge is 0.125 e. The molecule has 3 aromatic rings. The average Bonchev–Trinajstić information content (AvgIpc) is 2.79. The van der Waals surface area contributed by atoms with Crippen LogP contribution in [0.2, 0.25) is 0 Å². The lowest BCUT2D eigenvalue weighted by molar-refractivity contribution is 0.751. The van der Waals surface area contributed by atoms with Gasteiger partial charge in [-0.15, -0.1) is 11.6 Å². The molecule has 0 radical (unpaired) electrons. The van der Waals surface area contributed by atoms with Crippen molar-refractivity contribution >= 4 is 22.6 Å². The summed E-state index contributed by atoms with van der Waals surface area (Å²) in [6.07, 6.45) is 7.03. The molecule has 0 spiro atoms. The van der Waals surface area contributed by atoms with Crippen LogP contribution in [0.5, 0.6) is 0 Å². The highest BCUT2D eigenvalue weighted by Crippen LogP contribution is 2.17. The van der Waals surface area contributed by atoms with Crippen LogP contribution >= 0.6 is 11.6 Å². The van der Waals surface area contributed by atoms with Crippen molar-refractivity contribution in [2.45, 2.75) is 19.3 Å². The van der Waals surface area contributed by atoms with Gasteiger partial charge >= 0.3 is 0 Å². The number of nitrogens with zero attached hydrogens (tertiary/aromatic N) is 5. The Balaban J connectivity index is 2.06. The van der Waals surface area contributed by atoms with Gasteiger partial charge in [-0.3, -0.25) is 15.0 Å². The van der Waals surface area contributed by atoms with Crippen molar-refractivity contribution in [2.24, 2.45) is 0 Å². The highest BCUT2D eigenvalue weighted by molar-refractivity contribution is 6.16. The second-order valence-corrected chi connectivity index (χ2v) is 4.53. The molecule has 96 valence electrons. The van der Waals surface area contributed by atoms with Crippen molar-refractivity contribution in [3.63, 3.8) is 0 Å². The molecule has 0 amide bonds. The summed E-state index contributed by atoms with van der Waals surface area (Å²) >= 11 is 5.96. The standard InChI is InChI=1S/C13H12ClN5/c1-9-5-17-10(6-16-9)8-19-12-2-3-15-7-11(12)18-13(19)4-14/h2-3,5-7H,4,8H2,1H3. The first kappa shape index (κ1) is 12.0. The van der Waals surface area contributed by atoms with Crippen molar-refractivity contribution < 1.29 is 0 Å². The molecule has 0 bridgehead atoms. The Morgan fingerprint density at radius 1 is 1.21 bits per heavy atom. The fraction of sp³-hybridized carbons (Fsp3) is 0.231. The van der Waals surface area contributed by atoms with Gasteiger partial charge in [-0.2, -0.15) is 0 Å². The number of halogens is 1. The number of pyridine rings is 1. The first-order valence-electron chi connectivity index (χ1n) is 5.90. The van der Waals surface area contributed by atoms with E-state index < -0.39 is 0 Å². The second-order valence-electron chi connectivity index (χ2n) is 4.26. The largest absolute Gasteiger partial charge is 0.321 e. The van der Waals surface area contributed by atoms with Gasteiger partial charge in [0, 0.05) is 12.4 Å². The summed E-state index contributed by atoms with van der Waals surface area (Å²) in [6, 6.07) is 1.93. The van der Waals surface area contributed by atoms with Gasteiger partial charge in [-0.1, -0.05) is 0 Å². The molecule has 3 heterocycles. The molecule has 0 saturated carbocycles. The van der Waals surface area contributed by atoms with E-state index in [-0.39, 0.29) is 0 Å². The third-order valence-corrected chi connectivity index (χ3v) is 3.14. The maximum atomic E-state index is 5.96. The molecule has 0 fully saturated rings. The first-order valence-corrected chi connectivity index (χ1v) is 6.44. The zero-order valence-corrected chi connectivity index (χ0v) is 11.2. The molecule has 6 heteroatoms. The van der Waals surface area contributed by atoms with E-state index in [0.717, 1.165) is 28.2 Å². The van der Waals surface area contributed by atoms with Gasteiger partial charge in [0.2, 0.25) is 0 Å². The second kappa shape index (κ2) is 4.93. The Morgan fingerprint density at radius 3 is 2.84 bits per heavy atom. The molecular weight excluding hydrogens is 262 g/mol. The van der Waals surface area contributed by atoms with Crippen LogP contribution in [0.3, 0.4) is 0 Å². The fourth-order valence-corrected chi connectivity index (χ4v) is 2.18. The molecule has 0 aliphatic heterocycles. The maximum absolute atomic E-state index is 5.96. The molecular formula is C13H12ClN5. The summed E-state index contributed by atoms with van der Waals surface area (Å²) in [5.74, 6) is 1.17. The van der Waals surface area contributed by atoms with E-state index in [0.29, 0.717) is 12.4 Å². The summed E-state index contributed by atoms with van der Waals surface area (Å²) < 4.78 is 2.04. The lowest BCUT2D eigenvalue weighted by Gasteiger charge is -2.06. The number of imidazole rings is 1. The van der Waals surface area contributed by atoms with Gasteiger partial charge in [-0.05, 0) is 13.0 Å². The number of aryl methyl sites for hydroxylation is 1. The van der Waals surface area contributed by atoms with E-state index in [1.54, 1.807) is 24.8 Å². The van der Waals surface area contributed by atoms with Crippen LogP contribution < -0.4 is 0 Å². The fourth-order valence-electron chi connectivity index (χ4n) is 1.97. The summed E-state index contributed by atoms with van der Waals surface area (Å²) in [4.78, 5) is 17.2. The minimum Gasteiger partial charge on any atom is -0.321 e. The number of rotatable bonds is 3. The highest BCUT2D eigenvalue weighted by Gasteiger charge is 2.10. The third-order valence-electron chi connectivity index (χ3n) is 2.90. The van der Waals surface area contributed by atoms with Crippen LogP contribution in [0.15, 0.2) is 30.9 Å².